The fourth-order valence-corrected chi connectivity index (χ4v) is 2.40. The van der Waals surface area contributed by atoms with Crippen molar-refractivity contribution in [3.63, 3.8) is 0 Å². The third kappa shape index (κ3) is 3.82. The Hall–Kier alpha value is -1.36. The summed E-state index contributed by atoms with van der Waals surface area (Å²) in [7, 11) is 0. The molecule has 0 aromatic heterocycles. The monoisotopic (exact) mass is 380 g/mol. The van der Waals surface area contributed by atoms with Gasteiger partial charge in [0.1, 0.15) is 12.4 Å². The van der Waals surface area contributed by atoms with Crippen molar-refractivity contribution in [1.82, 2.24) is 0 Å². The zero-order valence-electron chi connectivity index (χ0n) is 11.7. The van der Waals surface area contributed by atoms with E-state index in [0.29, 0.717) is 6.61 Å². The van der Waals surface area contributed by atoms with Crippen molar-refractivity contribution in [2.45, 2.75) is 26.9 Å². The van der Waals surface area contributed by atoms with E-state index < -0.39 is 0 Å². The highest BCUT2D eigenvalue weighted by molar-refractivity contribution is 14.1. The van der Waals surface area contributed by atoms with Crippen LogP contribution in [0.1, 0.15) is 35.3 Å². The number of carbonyl (C=O) groups is 1. The summed E-state index contributed by atoms with van der Waals surface area (Å²) < 4.78 is 7.01. The summed E-state index contributed by atoms with van der Waals surface area (Å²) in [5.74, 6) is 0.913. The van der Waals surface area contributed by atoms with Gasteiger partial charge in [-0.1, -0.05) is 19.1 Å². The number of hydrogen-bond acceptors (Lipinski definition) is 2. The van der Waals surface area contributed by atoms with Crippen LogP contribution >= 0.6 is 22.6 Å². The Kier molecular flexibility index (Phi) is 5.17. The van der Waals surface area contributed by atoms with Gasteiger partial charge >= 0.3 is 0 Å². The molecule has 0 fully saturated rings. The third-order valence-electron chi connectivity index (χ3n) is 3.16. The molecule has 3 heteroatoms. The lowest BCUT2D eigenvalue weighted by molar-refractivity contribution is 0.101. The molecule has 20 heavy (non-hydrogen) atoms. The highest BCUT2D eigenvalue weighted by atomic mass is 127. The van der Waals surface area contributed by atoms with Crippen molar-refractivity contribution < 1.29 is 9.53 Å². The van der Waals surface area contributed by atoms with Crippen LogP contribution in [0.2, 0.25) is 0 Å². The summed E-state index contributed by atoms with van der Waals surface area (Å²) in [6, 6.07) is 13.9. The van der Waals surface area contributed by atoms with E-state index in [1.54, 1.807) is 6.92 Å². The van der Waals surface area contributed by atoms with E-state index in [2.05, 4.69) is 46.9 Å². The molecule has 0 aliphatic carbocycles. The Morgan fingerprint density at radius 3 is 2.45 bits per heavy atom. The van der Waals surface area contributed by atoms with Gasteiger partial charge < -0.3 is 4.74 Å². The number of carbonyl (C=O) groups excluding carboxylic acids is 1. The summed E-state index contributed by atoms with van der Waals surface area (Å²) in [5, 5.41) is 0. The lowest BCUT2D eigenvalue weighted by Gasteiger charge is -2.10. The minimum absolute atomic E-state index is 0.103. The van der Waals surface area contributed by atoms with Gasteiger partial charge in [0.05, 0.1) is 0 Å². The number of ketones is 1. The molecule has 0 unspecified atom stereocenters. The van der Waals surface area contributed by atoms with Gasteiger partial charge in [-0.2, -0.15) is 0 Å². The molecule has 0 spiro atoms. The Morgan fingerprint density at radius 2 is 1.85 bits per heavy atom. The number of hydrogen-bond donors (Lipinski definition) is 0. The molecule has 2 aromatic carbocycles. The van der Waals surface area contributed by atoms with Gasteiger partial charge in [-0.3, -0.25) is 4.79 Å². The molecule has 104 valence electrons. The Labute approximate surface area is 133 Å². The fraction of sp³-hybridized carbons (Fsp3) is 0.235. The van der Waals surface area contributed by atoms with Crippen LogP contribution in [0.4, 0.5) is 0 Å². The second-order valence-corrected chi connectivity index (χ2v) is 5.89. The minimum atomic E-state index is 0.103. The van der Waals surface area contributed by atoms with E-state index in [9.17, 15) is 4.79 Å². The largest absolute Gasteiger partial charge is 0.489 e. The topological polar surface area (TPSA) is 26.3 Å². The maximum absolute atomic E-state index is 11.5. The Balaban J connectivity index is 2.10. The fourth-order valence-electron chi connectivity index (χ4n) is 2.04. The first kappa shape index (κ1) is 15.0. The molecule has 0 aliphatic rings. The summed E-state index contributed by atoms with van der Waals surface area (Å²) in [6.45, 7) is 4.19. The molecule has 0 saturated heterocycles. The van der Waals surface area contributed by atoms with Gasteiger partial charge in [0.25, 0.3) is 0 Å². The number of halogens is 1. The second kappa shape index (κ2) is 6.88. The van der Waals surface area contributed by atoms with Crippen molar-refractivity contribution in [1.29, 1.82) is 0 Å². The standard InChI is InChI=1S/C17H17IO2/c1-3-14-10-16(8-9-17(14)12(2)19)20-11-13-4-6-15(18)7-5-13/h4-10H,3,11H2,1-2H3. The molecule has 0 radical (unpaired) electrons. The number of aryl methyl sites for hydroxylation is 1. The normalized spacial score (nSPS) is 10.3. The molecular formula is C17H17IO2. The van der Waals surface area contributed by atoms with Crippen LogP contribution < -0.4 is 4.74 Å². The molecular weight excluding hydrogens is 363 g/mol. The minimum Gasteiger partial charge on any atom is -0.489 e. The van der Waals surface area contributed by atoms with Crippen LogP contribution in [0, 0.1) is 3.57 Å². The molecule has 0 atom stereocenters. The molecule has 0 aliphatic heterocycles. The van der Waals surface area contributed by atoms with Crippen LogP contribution in [-0.2, 0) is 13.0 Å². The van der Waals surface area contributed by atoms with E-state index in [-0.39, 0.29) is 5.78 Å². The van der Waals surface area contributed by atoms with E-state index in [4.69, 9.17) is 4.74 Å². The van der Waals surface area contributed by atoms with E-state index in [0.717, 1.165) is 28.9 Å². The summed E-state index contributed by atoms with van der Waals surface area (Å²) in [5.41, 5.74) is 2.96. The Bertz CT molecular complexity index is 603. The van der Waals surface area contributed by atoms with Crippen LogP contribution in [0.15, 0.2) is 42.5 Å². The van der Waals surface area contributed by atoms with Crippen LogP contribution in [0.5, 0.6) is 5.75 Å². The van der Waals surface area contributed by atoms with Gasteiger partial charge in [0.15, 0.2) is 5.78 Å². The van der Waals surface area contributed by atoms with Crippen LogP contribution in [0.25, 0.3) is 0 Å². The van der Waals surface area contributed by atoms with E-state index >= 15 is 0 Å². The highest BCUT2D eigenvalue weighted by Gasteiger charge is 2.07. The van der Waals surface area contributed by atoms with E-state index in [1.807, 2.05) is 25.1 Å². The van der Waals surface area contributed by atoms with Gasteiger partial charge in [0, 0.05) is 9.13 Å². The number of rotatable bonds is 5. The van der Waals surface area contributed by atoms with Crippen molar-refractivity contribution in [3.8, 4) is 5.75 Å². The molecule has 0 bridgehead atoms. The molecule has 0 N–H and O–H groups in total. The first-order valence-electron chi connectivity index (χ1n) is 6.61. The maximum Gasteiger partial charge on any atom is 0.160 e. The lowest BCUT2D eigenvalue weighted by Crippen LogP contribution is -2.01. The third-order valence-corrected chi connectivity index (χ3v) is 3.87. The summed E-state index contributed by atoms with van der Waals surface area (Å²) >= 11 is 2.28. The van der Waals surface area contributed by atoms with Crippen molar-refractivity contribution in [2.75, 3.05) is 0 Å². The smallest absolute Gasteiger partial charge is 0.160 e. The van der Waals surface area contributed by atoms with Crippen LogP contribution in [0.3, 0.4) is 0 Å². The lowest BCUT2D eigenvalue weighted by atomic mass is 10.0. The van der Waals surface area contributed by atoms with Crippen molar-refractivity contribution >= 4 is 28.4 Å². The molecule has 0 heterocycles. The molecule has 2 aromatic rings. The summed E-state index contributed by atoms with van der Waals surface area (Å²) in [4.78, 5) is 11.5. The summed E-state index contributed by atoms with van der Waals surface area (Å²) in [6.07, 6.45) is 0.829. The second-order valence-electron chi connectivity index (χ2n) is 4.64. The average molecular weight is 380 g/mol. The number of benzene rings is 2. The van der Waals surface area contributed by atoms with Gasteiger partial charge in [-0.25, -0.2) is 0 Å². The quantitative estimate of drug-likeness (QED) is 0.558. The first-order chi connectivity index (χ1) is 9.60. The molecule has 2 rings (SSSR count). The van der Waals surface area contributed by atoms with Gasteiger partial charge in [-0.05, 0) is 77.4 Å². The molecule has 0 amide bonds. The van der Waals surface area contributed by atoms with Gasteiger partial charge in [0.2, 0.25) is 0 Å². The predicted octanol–water partition coefficient (Wildman–Crippen LogP) is 4.64. The maximum atomic E-state index is 11.5. The zero-order valence-corrected chi connectivity index (χ0v) is 13.8. The van der Waals surface area contributed by atoms with E-state index in [1.165, 1.54) is 3.57 Å². The molecule has 0 saturated carbocycles. The highest BCUT2D eigenvalue weighted by Crippen LogP contribution is 2.20. The van der Waals surface area contributed by atoms with Crippen molar-refractivity contribution in [2.24, 2.45) is 0 Å². The van der Waals surface area contributed by atoms with Crippen molar-refractivity contribution in [3.05, 3.63) is 62.7 Å². The Morgan fingerprint density at radius 1 is 1.15 bits per heavy atom. The number of ether oxygens (including phenoxy) is 1. The molecule has 2 nitrogen and oxygen atoms in total. The van der Waals surface area contributed by atoms with Gasteiger partial charge in [-0.15, -0.1) is 0 Å². The predicted molar refractivity (Wildman–Crippen MR) is 89.3 cm³/mol. The zero-order chi connectivity index (χ0) is 14.5. The SMILES string of the molecule is CCc1cc(OCc2ccc(I)cc2)ccc1C(C)=O. The van der Waals surface area contributed by atoms with Crippen LogP contribution in [-0.4, -0.2) is 5.78 Å². The first-order valence-corrected chi connectivity index (χ1v) is 7.69. The number of Topliss-reactive ketones (excluding diaryl/α,β-unsaturated/α-hetero) is 1. The average Bonchev–Trinajstić information content (AvgIpc) is 2.46.